The molecule has 4 rings (SSSR count). The third-order valence-corrected chi connectivity index (χ3v) is 7.35. The molecular weight excluding hydrogens is 480 g/mol. The Hall–Kier alpha value is -1.86. The van der Waals surface area contributed by atoms with Crippen molar-refractivity contribution in [2.75, 3.05) is 26.8 Å². The number of carboxylic acid groups (broad SMARTS) is 1. The number of rotatable bonds is 9. The SMILES string of the molecule is CO[C@H](C(C)c1cc(Cl)cc(Cl)c1)N1CCC(COc2cc(F)c(C(=O)O)cc2C2CC2)CC1. The van der Waals surface area contributed by atoms with Gasteiger partial charge in [0.2, 0.25) is 0 Å². The third kappa shape index (κ3) is 5.85. The Morgan fingerprint density at radius 2 is 1.76 bits per heavy atom. The number of ether oxygens (including phenoxy) is 2. The molecule has 0 aromatic heterocycles. The lowest BCUT2D eigenvalue weighted by Crippen LogP contribution is -2.45. The van der Waals surface area contributed by atoms with E-state index in [2.05, 4.69) is 11.8 Å². The summed E-state index contributed by atoms with van der Waals surface area (Å²) in [6.45, 7) is 4.30. The lowest BCUT2D eigenvalue weighted by Gasteiger charge is -2.39. The maximum Gasteiger partial charge on any atom is 0.338 e. The van der Waals surface area contributed by atoms with Gasteiger partial charge in [0.25, 0.3) is 0 Å². The first kappa shape index (κ1) is 25.2. The molecule has 1 saturated carbocycles. The van der Waals surface area contributed by atoms with E-state index in [1.807, 2.05) is 12.1 Å². The molecule has 0 radical (unpaired) electrons. The average molecular weight is 510 g/mol. The molecule has 1 heterocycles. The first-order chi connectivity index (χ1) is 16.3. The van der Waals surface area contributed by atoms with Crippen LogP contribution in [0.1, 0.15) is 65.9 Å². The number of hydrogen-bond acceptors (Lipinski definition) is 4. The minimum atomic E-state index is -1.25. The molecule has 2 atom stereocenters. The number of hydrogen-bond donors (Lipinski definition) is 1. The van der Waals surface area contributed by atoms with E-state index in [-0.39, 0.29) is 23.6 Å². The maximum absolute atomic E-state index is 14.3. The lowest BCUT2D eigenvalue weighted by molar-refractivity contribution is -0.0632. The highest BCUT2D eigenvalue weighted by molar-refractivity contribution is 6.34. The van der Waals surface area contributed by atoms with E-state index in [4.69, 9.17) is 32.7 Å². The van der Waals surface area contributed by atoms with E-state index < -0.39 is 11.8 Å². The lowest BCUT2D eigenvalue weighted by atomic mass is 9.93. The molecule has 1 N–H and O–H groups in total. The minimum Gasteiger partial charge on any atom is -0.493 e. The molecule has 184 valence electrons. The molecule has 5 nitrogen and oxygen atoms in total. The molecule has 1 unspecified atom stereocenters. The van der Waals surface area contributed by atoms with Gasteiger partial charge in [-0.05, 0) is 72.9 Å². The predicted molar refractivity (Wildman–Crippen MR) is 131 cm³/mol. The van der Waals surface area contributed by atoms with E-state index >= 15 is 0 Å². The summed E-state index contributed by atoms with van der Waals surface area (Å²) in [5.74, 6) is -0.835. The Balaban J connectivity index is 1.36. The van der Waals surface area contributed by atoms with Crippen LogP contribution in [-0.4, -0.2) is 49.0 Å². The van der Waals surface area contributed by atoms with Crippen molar-refractivity contribution < 1.29 is 23.8 Å². The number of carbonyl (C=O) groups is 1. The quantitative estimate of drug-likeness (QED) is 0.413. The summed E-state index contributed by atoms with van der Waals surface area (Å²) < 4.78 is 26.2. The Kier molecular flexibility index (Phi) is 8.03. The van der Waals surface area contributed by atoms with Gasteiger partial charge in [-0.3, -0.25) is 4.90 Å². The van der Waals surface area contributed by atoms with Gasteiger partial charge < -0.3 is 14.6 Å². The number of methoxy groups -OCH3 is 1. The Morgan fingerprint density at radius 1 is 1.12 bits per heavy atom. The second-order valence-electron chi connectivity index (χ2n) is 9.36. The van der Waals surface area contributed by atoms with Gasteiger partial charge >= 0.3 is 5.97 Å². The molecule has 2 aromatic carbocycles. The third-order valence-electron chi connectivity index (χ3n) is 6.91. The number of carboxylic acids is 1. The van der Waals surface area contributed by atoms with E-state index in [1.165, 1.54) is 12.1 Å². The summed E-state index contributed by atoms with van der Waals surface area (Å²) in [5, 5.41) is 10.5. The van der Waals surface area contributed by atoms with Crippen LogP contribution in [0.25, 0.3) is 0 Å². The van der Waals surface area contributed by atoms with Crippen molar-refractivity contribution in [2.24, 2.45) is 5.92 Å². The van der Waals surface area contributed by atoms with Crippen LogP contribution in [0.4, 0.5) is 4.39 Å². The summed E-state index contributed by atoms with van der Waals surface area (Å²) in [6.07, 6.45) is 3.71. The maximum atomic E-state index is 14.3. The number of likely N-dealkylation sites (tertiary alicyclic amines) is 1. The zero-order chi connectivity index (χ0) is 24.4. The van der Waals surface area contributed by atoms with Crippen LogP contribution >= 0.6 is 23.2 Å². The zero-order valence-corrected chi connectivity index (χ0v) is 20.9. The van der Waals surface area contributed by atoms with Gasteiger partial charge in [0, 0.05) is 42.2 Å². The van der Waals surface area contributed by atoms with Crippen LogP contribution in [0, 0.1) is 11.7 Å². The van der Waals surface area contributed by atoms with Crippen LogP contribution in [0.15, 0.2) is 30.3 Å². The monoisotopic (exact) mass is 509 g/mol. The van der Waals surface area contributed by atoms with Gasteiger partial charge in [-0.2, -0.15) is 0 Å². The number of benzene rings is 2. The number of aromatic carboxylic acids is 1. The molecular formula is C26H30Cl2FNO4. The number of nitrogens with zero attached hydrogens (tertiary/aromatic N) is 1. The average Bonchev–Trinajstić information content (AvgIpc) is 3.63. The summed E-state index contributed by atoms with van der Waals surface area (Å²) in [5.41, 5.74) is 1.56. The van der Waals surface area contributed by atoms with Crippen molar-refractivity contribution in [3.05, 3.63) is 62.9 Å². The Labute approximate surface area is 209 Å². The topological polar surface area (TPSA) is 59.0 Å². The molecule has 0 bridgehead atoms. The summed E-state index contributed by atoms with van der Waals surface area (Å²) in [6, 6.07) is 8.27. The zero-order valence-electron chi connectivity index (χ0n) is 19.4. The molecule has 1 saturated heterocycles. The van der Waals surface area contributed by atoms with Crippen molar-refractivity contribution in [1.29, 1.82) is 0 Å². The summed E-state index contributed by atoms with van der Waals surface area (Å²) in [4.78, 5) is 13.6. The van der Waals surface area contributed by atoms with Crippen molar-refractivity contribution in [1.82, 2.24) is 4.90 Å². The normalized spacial score (nSPS) is 19.1. The highest BCUT2D eigenvalue weighted by Gasteiger charge is 2.32. The fourth-order valence-corrected chi connectivity index (χ4v) is 5.37. The standard InChI is InChI=1S/C26H30Cl2FNO4/c1-15(18-9-19(27)11-20(28)10-18)25(33-2)30-7-5-16(6-8-30)14-34-24-13-23(29)22(26(31)32)12-21(24)17-3-4-17/h9-13,15-17,25H,3-8,14H2,1-2H3,(H,31,32)/t15?,25-/m1/s1. The smallest absolute Gasteiger partial charge is 0.338 e. The van der Waals surface area contributed by atoms with Crippen molar-refractivity contribution >= 4 is 29.2 Å². The largest absolute Gasteiger partial charge is 0.493 e. The van der Waals surface area contributed by atoms with Gasteiger partial charge in [0.15, 0.2) is 0 Å². The molecule has 1 aliphatic carbocycles. The van der Waals surface area contributed by atoms with E-state index in [9.17, 15) is 14.3 Å². The fourth-order valence-electron chi connectivity index (χ4n) is 4.83. The first-order valence-electron chi connectivity index (χ1n) is 11.7. The van der Waals surface area contributed by atoms with Gasteiger partial charge in [-0.1, -0.05) is 30.1 Å². The van der Waals surface area contributed by atoms with Gasteiger partial charge in [-0.25, -0.2) is 9.18 Å². The number of halogens is 3. The van der Waals surface area contributed by atoms with Crippen LogP contribution in [0.2, 0.25) is 10.0 Å². The van der Waals surface area contributed by atoms with Crippen molar-refractivity contribution in [2.45, 2.75) is 50.7 Å². The van der Waals surface area contributed by atoms with E-state index in [0.29, 0.717) is 28.3 Å². The molecule has 2 aliphatic rings. The Morgan fingerprint density at radius 3 is 2.32 bits per heavy atom. The van der Waals surface area contributed by atoms with Crippen LogP contribution in [0.3, 0.4) is 0 Å². The molecule has 8 heteroatoms. The van der Waals surface area contributed by atoms with E-state index in [0.717, 1.165) is 49.9 Å². The summed E-state index contributed by atoms with van der Waals surface area (Å²) in [7, 11) is 1.72. The van der Waals surface area contributed by atoms with Gasteiger partial charge in [0.05, 0.1) is 12.2 Å². The predicted octanol–water partition coefficient (Wildman–Crippen LogP) is 6.58. The van der Waals surface area contributed by atoms with Crippen LogP contribution in [0.5, 0.6) is 5.75 Å². The second-order valence-corrected chi connectivity index (χ2v) is 10.2. The highest BCUT2D eigenvalue weighted by atomic mass is 35.5. The minimum absolute atomic E-state index is 0.0887. The molecule has 0 spiro atoms. The Bertz CT molecular complexity index is 1020. The fraction of sp³-hybridized carbons (Fsp3) is 0.500. The molecule has 2 aromatic rings. The molecule has 2 fully saturated rings. The van der Waals surface area contributed by atoms with E-state index in [1.54, 1.807) is 13.2 Å². The van der Waals surface area contributed by atoms with Crippen molar-refractivity contribution in [3.63, 3.8) is 0 Å². The first-order valence-corrected chi connectivity index (χ1v) is 12.4. The second kappa shape index (κ2) is 10.8. The molecule has 1 aliphatic heterocycles. The number of piperidine rings is 1. The van der Waals surface area contributed by atoms with Gasteiger partial charge in [-0.15, -0.1) is 0 Å². The van der Waals surface area contributed by atoms with Crippen LogP contribution < -0.4 is 4.74 Å². The molecule has 34 heavy (non-hydrogen) atoms. The van der Waals surface area contributed by atoms with Crippen molar-refractivity contribution in [3.8, 4) is 5.75 Å². The highest BCUT2D eigenvalue weighted by Crippen LogP contribution is 2.45. The molecule has 0 amide bonds. The summed E-state index contributed by atoms with van der Waals surface area (Å²) >= 11 is 12.4. The van der Waals surface area contributed by atoms with Gasteiger partial charge in [0.1, 0.15) is 17.8 Å². The van der Waals surface area contributed by atoms with Crippen LogP contribution in [-0.2, 0) is 4.74 Å².